The molecule has 0 aliphatic heterocycles. The van der Waals surface area contributed by atoms with E-state index >= 15 is 0 Å². The summed E-state index contributed by atoms with van der Waals surface area (Å²) >= 11 is 11.8. The molecule has 0 heterocycles. The summed E-state index contributed by atoms with van der Waals surface area (Å²) in [4.78, 5) is 11.6. The zero-order valence-corrected chi connectivity index (χ0v) is 15.9. The lowest BCUT2D eigenvalue weighted by molar-refractivity contribution is 0.101. The molecule has 0 amide bonds. The summed E-state index contributed by atoms with van der Waals surface area (Å²) in [6.45, 7) is 1.36. The molecule has 4 nitrogen and oxygen atoms in total. The van der Waals surface area contributed by atoms with Crippen molar-refractivity contribution in [2.75, 3.05) is 0 Å². The molecule has 1 fully saturated rings. The van der Waals surface area contributed by atoms with E-state index in [9.17, 15) is 13.2 Å². The number of rotatable bonds is 6. The number of carbonyl (C=O) groups is 1. The molecule has 2 aromatic carbocycles. The molecule has 1 aliphatic rings. The molecule has 2 aromatic rings. The standard InChI is InChI=1S/C18H17Cl2NO3S/c1-12(22)16-10-15(6-7-17(16)20)25(23,24)21-18(8-9-18)11-13-2-4-14(19)5-3-13/h2-7,10,21H,8-9,11H2,1H3. The van der Waals surface area contributed by atoms with E-state index in [1.807, 2.05) is 12.1 Å². The minimum atomic E-state index is -3.74. The van der Waals surface area contributed by atoms with E-state index in [4.69, 9.17) is 23.2 Å². The van der Waals surface area contributed by atoms with Gasteiger partial charge < -0.3 is 0 Å². The number of carbonyl (C=O) groups excluding carboxylic acids is 1. The van der Waals surface area contributed by atoms with Crippen LogP contribution in [0.4, 0.5) is 0 Å². The van der Waals surface area contributed by atoms with Gasteiger partial charge in [0.2, 0.25) is 10.0 Å². The van der Waals surface area contributed by atoms with Gasteiger partial charge in [0.25, 0.3) is 0 Å². The van der Waals surface area contributed by atoms with Crippen molar-refractivity contribution in [2.24, 2.45) is 0 Å². The Morgan fingerprint density at radius 3 is 2.32 bits per heavy atom. The van der Waals surface area contributed by atoms with E-state index in [0.29, 0.717) is 11.4 Å². The largest absolute Gasteiger partial charge is 0.294 e. The summed E-state index contributed by atoms with van der Waals surface area (Å²) in [6, 6.07) is 11.5. The first-order valence-electron chi connectivity index (χ1n) is 7.80. The zero-order chi connectivity index (χ0) is 18.2. The van der Waals surface area contributed by atoms with Crippen LogP contribution in [-0.4, -0.2) is 19.7 Å². The number of nitrogens with one attached hydrogen (secondary N) is 1. The average Bonchev–Trinajstić information content (AvgIpc) is 3.28. The second-order valence-corrected chi connectivity index (χ2v) is 8.91. The maximum Gasteiger partial charge on any atom is 0.241 e. The molecule has 0 bridgehead atoms. The topological polar surface area (TPSA) is 63.2 Å². The first-order valence-corrected chi connectivity index (χ1v) is 10.0. The first kappa shape index (κ1) is 18.4. The van der Waals surface area contributed by atoms with Crippen LogP contribution in [0.3, 0.4) is 0 Å². The van der Waals surface area contributed by atoms with Crippen LogP contribution < -0.4 is 4.72 Å². The number of hydrogen-bond donors (Lipinski definition) is 1. The van der Waals surface area contributed by atoms with Crippen molar-refractivity contribution in [3.05, 3.63) is 63.6 Å². The number of sulfonamides is 1. The highest BCUT2D eigenvalue weighted by Gasteiger charge is 2.46. The average molecular weight is 398 g/mol. The van der Waals surface area contributed by atoms with Crippen LogP contribution in [0.25, 0.3) is 0 Å². The predicted molar refractivity (Wildman–Crippen MR) is 98.9 cm³/mol. The Kier molecular flexibility index (Phi) is 4.95. The van der Waals surface area contributed by atoms with Crippen molar-refractivity contribution in [3.8, 4) is 0 Å². The third-order valence-corrected chi connectivity index (χ3v) is 6.45. The molecule has 0 unspecified atom stereocenters. The van der Waals surface area contributed by atoms with E-state index < -0.39 is 15.6 Å². The Balaban J connectivity index is 1.82. The van der Waals surface area contributed by atoms with Crippen LogP contribution in [0.5, 0.6) is 0 Å². The lowest BCUT2D eigenvalue weighted by atomic mass is 10.1. The lowest BCUT2D eigenvalue weighted by Gasteiger charge is -2.18. The second-order valence-electron chi connectivity index (χ2n) is 6.39. The SMILES string of the molecule is CC(=O)c1cc(S(=O)(=O)NC2(Cc3ccc(Cl)cc3)CC2)ccc1Cl. The normalized spacial score (nSPS) is 15.8. The summed E-state index contributed by atoms with van der Waals surface area (Å²) in [7, 11) is -3.74. The quantitative estimate of drug-likeness (QED) is 0.740. The predicted octanol–water partition coefficient (Wildman–Crippen LogP) is 4.25. The molecule has 7 heteroatoms. The van der Waals surface area contributed by atoms with Gasteiger partial charge in [-0.3, -0.25) is 4.79 Å². The highest BCUT2D eigenvalue weighted by atomic mass is 35.5. The molecule has 1 saturated carbocycles. The highest BCUT2D eigenvalue weighted by Crippen LogP contribution is 2.40. The monoisotopic (exact) mass is 397 g/mol. The Morgan fingerprint density at radius 1 is 1.12 bits per heavy atom. The molecule has 0 spiro atoms. The van der Waals surface area contributed by atoms with Crippen LogP contribution in [0.1, 0.15) is 35.7 Å². The number of Topliss-reactive ketones (excluding diaryl/α,β-unsaturated/α-hetero) is 1. The van der Waals surface area contributed by atoms with E-state index in [1.165, 1.54) is 25.1 Å². The minimum Gasteiger partial charge on any atom is -0.294 e. The fourth-order valence-electron chi connectivity index (χ4n) is 2.74. The molecular formula is C18H17Cl2NO3S. The van der Waals surface area contributed by atoms with Gasteiger partial charge in [0.05, 0.1) is 9.92 Å². The van der Waals surface area contributed by atoms with Gasteiger partial charge in [-0.2, -0.15) is 0 Å². The van der Waals surface area contributed by atoms with Crippen LogP contribution in [0.2, 0.25) is 10.0 Å². The summed E-state index contributed by atoms with van der Waals surface area (Å²) in [5, 5.41) is 0.890. The molecule has 3 rings (SSSR count). The summed E-state index contributed by atoms with van der Waals surface area (Å²) in [5.41, 5.74) is 0.736. The smallest absolute Gasteiger partial charge is 0.241 e. The van der Waals surface area contributed by atoms with Crippen molar-refractivity contribution in [3.63, 3.8) is 0 Å². The van der Waals surface area contributed by atoms with Crippen molar-refractivity contribution < 1.29 is 13.2 Å². The third-order valence-electron chi connectivity index (χ3n) is 4.29. The van der Waals surface area contributed by atoms with E-state index in [0.717, 1.165) is 18.4 Å². The Labute approximate surface area is 157 Å². The Hall–Kier alpha value is -1.40. The third kappa shape index (κ3) is 4.23. The highest BCUT2D eigenvalue weighted by molar-refractivity contribution is 7.89. The maximum absolute atomic E-state index is 12.7. The van der Waals surface area contributed by atoms with E-state index in [-0.39, 0.29) is 21.3 Å². The van der Waals surface area contributed by atoms with Crippen molar-refractivity contribution in [2.45, 2.75) is 36.6 Å². The fraction of sp³-hybridized carbons (Fsp3) is 0.278. The second kappa shape index (κ2) is 6.72. The van der Waals surface area contributed by atoms with Crippen LogP contribution in [0.15, 0.2) is 47.4 Å². The zero-order valence-electron chi connectivity index (χ0n) is 13.6. The number of ketones is 1. The van der Waals surface area contributed by atoms with Crippen molar-refractivity contribution in [1.82, 2.24) is 4.72 Å². The van der Waals surface area contributed by atoms with E-state index in [2.05, 4.69) is 4.72 Å². The summed E-state index contributed by atoms with van der Waals surface area (Å²) < 4.78 is 28.3. The molecule has 0 saturated heterocycles. The summed E-state index contributed by atoms with van der Waals surface area (Å²) in [5.74, 6) is -0.274. The fourth-order valence-corrected chi connectivity index (χ4v) is 4.61. The number of halogens is 2. The molecule has 0 atom stereocenters. The van der Waals surface area contributed by atoms with Gasteiger partial charge in [-0.05, 0) is 62.1 Å². The molecule has 1 aliphatic carbocycles. The van der Waals surface area contributed by atoms with Crippen molar-refractivity contribution >= 4 is 39.0 Å². The van der Waals surface area contributed by atoms with Crippen molar-refractivity contribution in [1.29, 1.82) is 0 Å². The van der Waals surface area contributed by atoms with Gasteiger partial charge in [-0.15, -0.1) is 0 Å². The molecular weight excluding hydrogens is 381 g/mol. The Bertz CT molecular complexity index is 920. The molecule has 0 radical (unpaired) electrons. The molecule has 25 heavy (non-hydrogen) atoms. The minimum absolute atomic E-state index is 0.0458. The molecule has 1 N–H and O–H groups in total. The lowest BCUT2D eigenvalue weighted by Crippen LogP contribution is -2.38. The Morgan fingerprint density at radius 2 is 1.76 bits per heavy atom. The van der Waals surface area contributed by atoms with Gasteiger partial charge >= 0.3 is 0 Å². The van der Waals surface area contributed by atoms with Gasteiger partial charge in [-0.1, -0.05) is 35.3 Å². The first-order chi connectivity index (χ1) is 11.7. The molecule has 132 valence electrons. The maximum atomic E-state index is 12.7. The van der Waals surface area contributed by atoms with E-state index in [1.54, 1.807) is 12.1 Å². The van der Waals surface area contributed by atoms with Crippen LogP contribution in [-0.2, 0) is 16.4 Å². The van der Waals surface area contributed by atoms with Gasteiger partial charge in [-0.25, -0.2) is 13.1 Å². The molecule has 0 aromatic heterocycles. The number of hydrogen-bond acceptors (Lipinski definition) is 3. The van der Waals surface area contributed by atoms with Gasteiger partial charge in [0.1, 0.15) is 0 Å². The van der Waals surface area contributed by atoms with Gasteiger partial charge in [0.15, 0.2) is 5.78 Å². The van der Waals surface area contributed by atoms with Gasteiger partial charge in [0, 0.05) is 16.1 Å². The van der Waals surface area contributed by atoms with Crippen LogP contribution in [0, 0.1) is 0 Å². The number of benzene rings is 2. The summed E-state index contributed by atoms with van der Waals surface area (Å²) in [6.07, 6.45) is 2.13. The van der Waals surface area contributed by atoms with Crippen LogP contribution >= 0.6 is 23.2 Å².